The minimum Gasteiger partial charge on any atom is -0.274 e. The minimum absolute atomic E-state index is 0.618. The number of nitriles is 1. The van der Waals surface area contributed by atoms with E-state index in [1.807, 2.05) is 30.3 Å². The molecular weight excluding hydrogens is 184 g/mol. The highest BCUT2D eigenvalue weighted by atomic mass is 14.7. The Morgan fingerprint density at radius 2 is 2.07 bits per heavy atom. The van der Waals surface area contributed by atoms with Gasteiger partial charge in [-0.25, -0.2) is 0 Å². The first-order chi connectivity index (χ1) is 7.36. The standard InChI is InChI=1S/C13H16N2/c1-2-3-9-13(10-14)15-11-12-7-5-4-6-8-12/h4-8H,2-3,9,11H2,1H3. The van der Waals surface area contributed by atoms with Gasteiger partial charge in [-0.3, -0.25) is 4.99 Å². The van der Waals surface area contributed by atoms with Crippen LogP contribution in [0.5, 0.6) is 0 Å². The summed E-state index contributed by atoms with van der Waals surface area (Å²) >= 11 is 0. The Morgan fingerprint density at radius 3 is 2.67 bits per heavy atom. The summed E-state index contributed by atoms with van der Waals surface area (Å²) in [5.74, 6) is 0. The summed E-state index contributed by atoms with van der Waals surface area (Å²) in [5, 5.41) is 8.85. The molecule has 1 rings (SSSR count). The Kier molecular flexibility index (Phi) is 5.18. The summed E-state index contributed by atoms with van der Waals surface area (Å²) in [6.45, 7) is 2.74. The number of nitrogens with zero attached hydrogens (tertiary/aromatic N) is 2. The summed E-state index contributed by atoms with van der Waals surface area (Å²) in [5.41, 5.74) is 1.82. The van der Waals surface area contributed by atoms with Crippen LogP contribution < -0.4 is 0 Å². The van der Waals surface area contributed by atoms with Gasteiger partial charge in [-0.1, -0.05) is 43.7 Å². The number of aliphatic imine (C=N–C) groups is 1. The van der Waals surface area contributed by atoms with Crippen LogP contribution in [0.3, 0.4) is 0 Å². The van der Waals surface area contributed by atoms with Gasteiger partial charge in [-0.05, 0) is 18.4 Å². The zero-order valence-corrected chi connectivity index (χ0v) is 9.11. The first kappa shape index (κ1) is 11.5. The van der Waals surface area contributed by atoms with Crippen LogP contribution in [-0.2, 0) is 6.54 Å². The molecule has 78 valence electrons. The Bertz CT molecular complexity index is 347. The second-order valence-electron chi connectivity index (χ2n) is 3.46. The van der Waals surface area contributed by atoms with Gasteiger partial charge in [0.2, 0.25) is 0 Å². The van der Waals surface area contributed by atoms with Gasteiger partial charge >= 0.3 is 0 Å². The molecule has 0 aliphatic carbocycles. The number of rotatable bonds is 5. The molecule has 0 radical (unpaired) electrons. The van der Waals surface area contributed by atoms with E-state index < -0.39 is 0 Å². The molecule has 0 fully saturated rings. The fraction of sp³-hybridized carbons (Fsp3) is 0.385. The molecule has 1 aromatic carbocycles. The summed E-state index contributed by atoms with van der Waals surface area (Å²) in [7, 11) is 0. The molecule has 0 saturated heterocycles. The van der Waals surface area contributed by atoms with E-state index in [0.717, 1.165) is 24.8 Å². The van der Waals surface area contributed by atoms with Crippen LogP contribution in [0.4, 0.5) is 0 Å². The normalized spacial score (nSPS) is 11.1. The summed E-state index contributed by atoms with van der Waals surface area (Å²) in [4.78, 5) is 4.31. The van der Waals surface area contributed by atoms with Crippen molar-refractivity contribution < 1.29 is 0 Å². The van der Waals surface area contributed by atoms with Gasteiger partial charge in [0, 0.05) is 0 Å². The zero-order chi connectivity index (χ0) is 10.9. The van der Waals surface area contributed by atoms with Crippen molar-refractivity contribution in [2.75, 3.05) is 0 Å². The van der Waals surface area contributed by atoms with E-state index in [1.165, 1.54) is 0 Å². The molecule has 0 bridgehead atoms. The maximum Gasteiger partial charge on any atom is 0.114 e. The van der Waals surface area contributed by atoms with Crippen molar-refractivity contribution >= 4 is 5.71 Å². The Morgan fingerprint density at radius 1 is 1.33 bits per heavy atom. The van der Waals surface area contributed by atoms with Crippen LogP contribution >= 0.6 is 0 Å². The van der Waals surface area contributed by atoms with Crippen LogP contribution in [0.2, 0.25) is 0 Å². The van der Waals surface area contributed by atoms with Crippen LogP contribution in [0.1, 0.15) is 31.7 Å². The van der Waals surface area contributed by atoms with E-state index in [9.17, 15) is 0 Å². The molecule has 0 aliphatic rings. The second-order valence-corrected chi connectivity index (χ2v) is 3.46. The van der Waals surface area contributed by atoms with Crippen LogP contribution in [0.25, 0.3) is 0 Å². The highest BCUT2D eigenvalue weighted by molar-refractivity contribution is 5.98. The van der Waals surface area contributed by atoms with Crippen LogP contribution in [0.15, 0.2) is 35.3 Å². The molecule has 0 unspecified atom stereocenters. The van der Waals surface area contributed by atoms with Crippen molar-refractivity contribution in [1.82, 2.24) is 0 Å². The van der Waals surface area contributed by atoms with Crippen molar-refractivity contribution in [3.63, 3.8) is 0 Å². The fourth-order valence-corrected chi connectivity index (χ4v) is 1.28. The second kappa shape index (κ2) is 6.78. The predicted molar refractivity (Wildman–Crippen MR) is 62.7 cm³/mol. The first-order valence-electron chi connectivity index (χ1n) is 5.34. The number of benzene rings is 1. The van der Waals surface area contributed by atoms with E-state index in [0.29, 0.717) is 12.3 Å². The Hall–Kier alpha value is -1.62. The highest BCUT2D eigenvalue weighted by Crippen LogP contribution is 2.03. The molecule has 1 aromatic rings. The van der Waals surface area contributed by atoms with Crippen LogP contribution in [0, 0.1) is 11.3 Å². The first-order valence-corrected chi connectivity index (χ1v) is 5.34. The molecule has 15 heavy (non-hydrogen) atoms. The van der Waals surface area contributed by atoms with Crippen molar-refractivity contribution in [2.45, 2.75) is 32.7 Å². The van der Waals surface area contributed by atoms with E-state index in [1.54, 1.807) is 0 Å². The van der Waals surface area contributed by atoms with Gasteiger partial charge in [-0.2, -0.15) is 5.26 Å². The molecule has 0 aliphatic heterocycles. The largest absolute Gasteiger partial charge is 0.274 e. The predicted octanol–water partition coefficient (Wildman–Crippen LogP) is 3.34. The third-order valence-corrected chi connectivity index (χ3v) is 2.19. The maximum atomic E-state index is 8.85. The molecule has 0 heterocycles. The molecule has 0 amide bonds. The molecule has 0 atom stereocenters. The third kappa shape index (κ3) is 4.42. The Balaban J connectivity index is 2.52. The van der Waals surface area contributed by atoms with Crippen molar-refractivity contribution in [1.29, 1.82) is 5.26 Å². The van der Waals surface area contributed by atoms with Gasteiger partial charge in [0.05, 0.1) is 6.54 Å². The smallest absolute Gasteiger partial charge is 0.114 e. The SMILES string of the molecule is CCCCC(C#N)=NCc1ccccc1. The fourth-order valence-electron chi connectivity index (χ4n) is 1.28. The molecular formula is C13H16N2. The lowest BCUT2D eigenvalue weighted by Crippen LogP contribution is -1.95. The monoisotopic (exact) mass is 200 g/mol. The van der Waals surface area contributed by atoms with Crippen molar-refractivity contribution in [2.24, 2.45) is 4.99 Å². The minimum atomic E-state index is 0.618. The van der Waals surface area contributed by atoms with Gasteiger partial charge < -0.3 is 0 Å². The zero-order valence-electron chi connectivity index (χ0n) is 9.11. The maximum absolute atomic E-state index is 8.85. The van der Waals surface area contributed by atoms with Crippen LogP contribution in [-0.4, -0.2) is 5.71 Å². The molecule has 0 aromatic heterocycles. The summed E-state index contributed by atoms with van der Waals surface area (Å²) < 4.78 is 0. The van der Waals surface area contributed by atoms with E-state index in [2.05, 4.69) is 18.0 Å². The van der Waals surface area contributed by atoms with Gasteiger partial charge in [0.25, 0.3) is 0 Å². The summed E-state index contributed by atoms with van der Waals surface area (Å²) in [6.07, 6.45) is 2.95. The molecule has 0 spiro atoms. The topological polar surface area (TPSA) is 36.1 Å². The Labute approximate surface area is 91.3 Å². The molecule has 0 N–H and O–H groups in total. The lowest BCUT2D eigenvalue weighted by Gasteiger charge is -1.97. The number of hydrogen-bond acceptors (Lipinski definition) is 2. The molecule has 2 nitrogen and oxygen atoms in total. The van der Waals surface area contributed by atoms with Crippen molar-refractivity contribution in [3.8, 4) is 6.07 Å². The number of hydrogen-bond donors (Lipinski definition) is 0. The average molecular weight is 200 g/mol. The molecule has 2 heteroatoms. The van der Waals surface area contributed by atoms with Gasteiger partial charge in [0.1, 0.15) is 11.8 Å². The lowest BCUT2D eigenvalue weighted by atomic mass is 10.2. The van der Waals surface area contributed by atoms with E-state index >= 15 is 0 Å². The van der Waals surface area contributed by atoms with E-state index in [-0.39, 0.29) is 0 Å². The molecule has 0 saturated carbocycles. The van der Waals surface area contributed by atoms with Crippen molar-refractivity contribution in [3.05, 3.63) is 35.9 Å². The average Bonchev–Trinajstić information content (AvgIpc) is 2.31. The van der Waals surface area contributed by atoms with E-state index in [4.69, 9.17) is 5.26 Å². The van der Waals surface area contributed by atoms with Gasteiger partial charge in [0.15, 0.2) is 0 Å². The van der Waals surface area contributed by atoms with Gasteiger partial charge in [-0.15, -0.1) is 0 Å². The quantitative estimate of drug-likeness (QED) is 0.671. The highest BCUT2D eigenvalue weighted by Gasteiger charge is 1.96. The third-order valence-electron chi connectivity index (χ3n) is 2.19. The summed E-state index contributed by atoms with van der Waals surface area (Å²) in [6, 6.07) is 12.2. The number of unbranched alkanes of at least 4 members (excludes halogenated alkanes) is 1. The lowest BCUT2D eigenvalue weighted by molar-refractivity contribution is 0.832.